The fraction of sp³-hybridized carbons (Fsp3) is 0.571. The van der Waals surface area contributed by atoms with Gasteiger partial charge in [0.1, 0.15) is 0 Å². The molecule has 8 heteroatoms. The van der Waals surface area contributed by atoms with Gasteiger partial charge in [-0.25, -0.2) is 0 Å². The molecule has 0 radical (unpaired) electrons. The lowest BCUT2D eigenvalue weighted by molar-refractivity contribution is -0.120. The summed E-state index contributed by atoms with van der Waals surface area (Å²) >= 11 is 0. The number of nitrogens with one attached hydrogen (secondary N) is 3. The molecule has 0 saturated heterocycles. The molecule has 0 aliphatic carbocycles. The molecule has 0 aliphatic rings. The Bertz CT molecular complexity index is 322. The first-order chi connectivity index (χ1) is 7.24. The van der Waals surface area contributed by atoms with E-state index in [-0.39, 0.29) is 18.3 Å². The summed E-state index contributed by atoms with van der Waals surface area (Å²) in [5.74, 6) is -0.859. The molecule has 0 aliphatic heterocycles. The smallest absolute Gasteiger partial charge is 0.293 e. The summed E-state index contributed by atoms with van der Waals surface area (Å²) < 4.78 is 0. The van der Waals surface area contributed by atoms with Gasteiger partial charge >= 0.3 is 0 Å². The van der Waals surface area contributed by atoms with Crippen molar-refractivity contribution in [3.63, 3.8) is 0 Å². The number of hydrogen-bond acceptors (Lipinski definition) is 5. The number of aromatic amines is 1. The number of H-pyrrole nitrogens is 1. The summed E-state index contributed by atoms with van der Waals surface area (Å²) in [6, 6.07) is 0. The molecule has 8 nitrogen and oxygen atoms in total. The third-order valence-corrected chi connectivity index (χ3v) is 1.53. The summed E-state index contributed by atoms with van der Waals surface area (Å²) in [7, 11) is 0. The van der Waals surface area contributed by atoms with Crippen LogP contribution in [0.2, 0.25) is 0 Å². The van der Waals surface area contributed by atoms with E-state index in [0.717, 1.165) is 6.42 Å². The van der Waals surface area contributed by atoms with Gasteiger partial charge in [0, 0.05) is 6.54 Å². The average Bonchev–Trinajstić information content (AvgIpc) is 2.76. The highest BCUT2D eigenvalue weighted by atomic mass is 16.2. The van der Waals surface area contributed by atoms with Crippen molar-refractivity contribution in [1.82, 2.24) is 31.3 Å². The SMILES string of the molecule is CCCNC(=O)CNC(=O)c1nn[nH]n1. The Labute approximate surface area is 85.8 Å². The van der Waals surface area contributed by atoms with Crippen molar-refractivity contribution in [3.8, 4) is 0 Å². The minimum absolute atomic E-state index is 0.0849. The Hall–Kier alpha value is -1.99. The molecule has 0 aromatic carbocycles. The molecular weight excluding hydrogens is 200 g/mol. The third kappa shape index (κ3) is 3.71. The van der Waals surface area contributed by atoms with E-state index in [1.807, 2.05) is 6.92 Å². The lowest BCUT2D eigenvalue weighted by Crippen LogP contribution is -2.37. The normalized spacial score (nSPS) is 9.67. The first-order valence-electron chi connectivity index (χ1n) is 4.52. The van der Waals surface area contributed by atoms with Gasteiger partial charge < -0.3 is 10.6 Å². The third-order valence-electron chi connectivity index (χ3n) is 1.53. The van der Waals surface area contributed by atoms with Crippen LogP contribution in [-0.4, -0.2) is 45.5 Å². The number of nitrogens with zero attached hydrogens (tertiary/aromatic N) is 3. The van der Waals surface area contributed by atoms with Gasteiger partial charge in [0.15, 0.2) is 0 Å². The number of rotatable bonds is 5. The molecule has 1 heterocycles. The molecule has 1 aromatic rings. The van der Waals surface area contributed by atoms with Crippen LogP contribution in [-0.2, 0) is 4.79 Å². The van der Waals surface area contributed by atoms with E-state index >= 15 is 0 Å². The van der Waals surface area contributed by atoms with Gasteiger partial charge in [-0.05, 0) is 11.6 Å². The maximum atomic E-state index is 11.2. The highest BCUT2D eigenvalue weighted by molar-refractivity contribution is 5.93. The number of amides is 2. The van der Waals surface area contributed by atoms with Gasteiger partial charge in [0.2, 0.25) is 5.91 Å². The molecule has 0 atom stereocenters. The molecule has 82 valence electrons. The zero-order chi connectivity index (χ0) is 11.1. The standard InChI is InChI=1S/C7H12N6O2/c1-2-3-8-5(14)4-9-7(15)6-10-12-13-11-6/h2-4H2,1H3,(H,8,14)(H,9,15)(H,10,11,12,13). The first-order valence-corrected chi connectivity index (χ1v) is 4.52. The molecular formula is C7H12N6O2. The Morgan fingerprint density at radius 3 is 2.80 bits per heavy atom. The van der Waals surface area contributed by atoms with Crippen LogP contribution in [0.3, 0.4) is 0 Å². The van der Waals surface area contributed by atoms with E-state index in [2.05, 4.69) is 31.3 Å². The van der Waals surface area contributed by atoms with Crippen LogP contribution in [0.4, 0.5) is 0 Å². The Balaban J connectivity index is 2.25. The molecule has 3 N–H and O–H groups in total. The van der Waals surface area contributed by atoms with Gasteiger partial charge in [-0.15, -0.1) is 10.2 Å². The van der Waals surface area contributed by atoms with Crippen LogP contribution >= 0.6 is 0 Å². The predicted molar refractivity (Wildman–Crippen MR) is 49.8 cm³/mol. The molecule has 1 aromatic heterocycles. The van der Waals surface area contributed by atoms with E-state index in [0.29, 0.717) is 6.54 Å². The van der Waals surface area contributed by atoms with Crippen molar-refractivity contribution in [2.24, 2.45) is 0 Å². The quantitative estimate of drug-likeness (QED) is 0.547. The second kappa shape index (κ2) is 5.68. The molecule has 2 amide bonds. The largest absolute Gasteiger partial charge is 0.355 e. The van der Waals surface area contributed by atoms with Crippen molar-refractivity contribution >= 4 is 11.8 Å². The van der Waals surface area contributed by atoms with Crippen molar-refractivity contribution in [1.29, 1.82) is 0 Å². The number of hydrogen-bond donors (Lipinski definition) is 3. The lowest BCUT2D eigenvalue weighted by Gasteiger charge is -2.03. The van der Waals surface area contributed by atoms with Crippen molar-refractivity contribution in [2.45, 2.75) is 13.3 Å². The van der Waals surface area contributed by atoms with Crippen LogP contribution in [0, 0.1) is 0 Å². The summed E-state index contributed by atoms with van der Waals surface area (Å²) in [5, 5.41) is 17.3. The molecule has 0 saturated carbocycles. The van der Waals surface area contributed by atoms with E-state index in [4.69, 9.17) is 0 Å². The number of aromatic nitrogens is 4. The number of carbonyl (C=O) groups is 2. The highest BCUT2D eigenvalue weighted by Gasteiger charge is 2.11. The Morgan fingerprint density at radius 2 is 2.20 bits per heavy atom. The second-order valence-corrected chi connectivity index (χ2v) is 2.77. The second-order valence-electron chi connectivity index (χ2n) is 2.77. The van der Waals surface area contributed by atoms with Crippen molar-refractivity contribution in [2.75, 3.05) is 13.1 Å². The molecule has 0 unspecified atom stereocenters. The lowest BCUT2D eigenvalue weighted by atomic mass is 10.4. The minimum Gasteiger partial charge on any atom is -0.355 e. The summed E-state index contributed by atoms with van der Waals surface area (Å²) in [5.41, 5.74) is 0. The van der Waals surface area contributed by atoms with Gasteiger partial charge in [-0.3, -0.25) is 9.59 Å². The molecule has 1 rings (SSSR count). The monoisotopic (exact) mass is 212 g/mol. The van der Waals surface area contributed by atoms with Crippen molar-refractivity contribution in [3.05, 3.63) is 5.82 Å². The van der Waals surface area contributed by atoms with E-state index in [9.17, 15) is 9.59 Å². The van der Waals surface area contributed by atoms with Crippen LogP contribution in [0.25, 0.3) is 0 Å². The van der Waals surface area contributed by atoms with E-state index in [1.54, 1.807) is 0 Å². The molecule has 15 heavy (non-hydrogen) atoms. The highest BCUT2D eigenvalue weighted by Crippen LogP contribution is 1.81. The first kappa shape index (κ1) is 11.1. The predicted octanol–water partition coefficient (Wildman–Crippen LogP) is -1.54. The fourth-order valence-electron chi connectivity index (χ4n) is 0.825. The van der Waals surface area contributed by atoms with Crippen LogP contribution < -0.4 is 10.6 Å². The van der Waals surface area contributed by atoms with Gasteiger partial charge in [-0.1, -0.05) is 6.92 Å². The average molecular weight is 212 g/mol. The van der Waals surface area contributed by atoms with E-state index < -0.39 is 5.91 Å². The molecule has 0 bridgehead atoms. The molecule has 0 spiro atoms. The zero-order valence-electron chi connectivity index (χ0n) is 8.28. The van der Waals surface area contributed by atoms with Gasteiger partial charge in [-0.2, -0.15) is 5.21 Å². The summed E-state index contributed by atoms with van der Waals surface area (Å²) in [4.78, 5) is 22.3. The maximum absolute atomic E-state index is 11.2. The maximum Gasteiger partial charge on any atom is 0.293 e. The minimum atomic E-state index is -0.532. The topological polar surface area (TPSA) is 113 Å². The van der Waals surface area contributed by atoms with Gasteiger partial charge in [0.25, 0.3) is 11.7 Å². The summed E-state index contributed by atoms with van der Waals surface area (Å²) in [6.07, 6.45) is 0.852. The van der Waals surface area contributed by atoms with Crippen LogP contribution in [0.15, 0.2) is 0 Å². The molecule has 0 fully saturated rings. The Morgan fingerprint density at radius 1 is 1.40 bits per heavy atom. The van der Waals surface area contributed by atoms with Gasteiger partial charge in [0.05, 0.1) is 6.54 Å². The van der Waals surface area contributed by atoms with Crippen LogP contribution in [0.5, 0.6) is 0 Å². The summed E-state index contributed by atoms with van der Waals surface area (Å²) in [6.45, 7) is 2.45. The van der Waals surface area contributed by atoms with E-state index in [1.165, 1.54) is 0 Å². The van der Waals surface area contributed by atoms with Crippen molar-refractivity contribution < 1.29 is 9.59 Å². The fourth-order valence-corrected chi connectivity index (χ4v) is 0.825. The number of tetrazole rings is 1. The number of carbonyl (C=O) groups excluding carboxylic acids is 2. The zero-order valence-corrected chi connectivity index (χ0v) is 8.28. The Kier molecular flexibility index (Phi) is 4.20. The van der Waals surface area contributed by atoms with Crippen LogP contribution in [0.1, 0.15) is 24.0 Å².